The summed E-state index contributed by atoms with van der Waals surface area (Å²) in [4.78, 5) is 4.22. The van der Waals surface area contributed by atoms with Gasteiger partial charge >= 0.3 is 0 Å². The summed E-state index contributed by atoms with van der Waals surface area (Å²) in [5.41, 5.74) is 8.74. The third-order valence-electron chi connectivity index (χ3n) is 2.08. The van der Waals surface area contributed by atoms with E-state index in [-0.39, 0.29) is 0 Å². The molecule has 3 N–H and O–H groups in total. The second-order valence-corrected chi connectivity index (χ2v) is 3.91. The minimum Gasteiger partial charge on any atom is -0.370 e. The van der Waals surface area contributed by atoms with Gasteiger partial charge in [0, 0.05) is 13.6 Å². The summed E-state index contributed by atoms with van der Waals surface area (Å²) in [6.45, 7) is 8.85. The second-order valence-electron chi connectivity index (χ2n) is 3.91. The first-order chi connectivity index (χ1) is 7.49. The van der Waals surface area contributed by atoms with Crippen molar-refractivity contribution in [3.05, 3.63) is 29.6 Å². The van der Waals surface area contributed by atoms with Gasteiger partial charge < -0.3 is 11.1 Å². The van der Waals surface area contributed by atoms with Crippen molar-refractivity contribution >= 4 is 5.96 Å². The molecule has 5 nitrogen and oxygen atoms in total. The summed E-state index contributed by atoms with van der Waals surface area (Å²) in [5, 5.41) is 7.21. The predicted molar refractivity (Wildman–Crippen MR) is 66.1 cm³/mol. The third-order valence-corrected chi connectivity index (χ3v) is 2.08. The van der Waals surface area contributed by atoms with Crippen molar-refractivity contribution in [1.29, 1.82) is 0 Å². The zero-order valence-corrected chi connectivity index (χ0v) is 10.1. The number of aryl methyl sites for hydroxylation is 2. The monoisotopic (exact) mass is 221 g/mol. The van der Waals surface area contributed by atoms with Gasteiger partial charge in [-0.25, -0.2) is 4.99 Å². The zero-order valence-electron chi connectivity index (χ0n) is 10.1. The SMILES string of the molecule is C=C(C)CNC(N)=NCc1cc(C)nn1C. The van der Waals surface area contributed by atoms with Crippen LogP contribution in [-0.4, -0.2) is 22.3 Å². The van der Waals surface area contributed by atoms with Crippen molar-refractivity contribution in [3.63, 3.8) is 0 Å². The summed E-state index contributed by atoms with van der Waals surface area (Å²) >= 11 is 0. The van der Waals surface area contributed by atoms with E-state index in [9.17, 15) is 0 Å². The third kappa shape index (κ3) is 3.76. The van der Waals surface area contributed by atoms with Gasteiger partial charge in [0.1, 0.15) is 0 Å². The van der Waals surface area contributed by atoms with Crippen LogP contribution in [0.2, 0.25) is 0 Å². The molecule has 0 aliphatic heterocycles. The number of aromatic nitrogens is 2. The molecule has 0 bridgehead atoms. The molecule has 1 aromatic rings. The second kappa shape index (κ2) is 5.34. The molecule has 0 fully saturated rings. The minimum atomic E-state index is 0.432. The fourth-order valence-electron chi connectivity index (χ4n) is 1.28. The number of nitrogens with one attached hydrogen (secondary N) is 1. The molecule has 0 atom stereocenters. The number of nitrogens with zero attached hydrogens (tertiary/aromatic N) is 3. The van der Waals surface area contributed by atoms with Crippen LogP contribution in [0.15, 0.2) is 23.2 Å². The predicted octanol–water partition coefficient (Wildman–Crippen LogP) is 0.709. The highest BCUT2D eigenvalue weighted by atomic mass is 15.3. The topological polar surface area (TPSA) is 68.2 Å². The van der Waals surface area contributed by atoms with E-state index in [4.69, 9.17) is 5.73 Å². The van der Waals surface area contributed by atoms with Gasteiger partial charge in [-0.3, -0.25) is 4.68 Å². The van der Waals surface area contributed by atoms with Crippen molar-refractivity contribution < 1.29 is 0 Å². The van der Waals surface area contributed by atoms with E-state index in [1.54, 1.807) is 0 Å². The highest BCUT2D eigenvalue weighted by Crippen LogP contribution is 2.02. The Hall–Kier alpha value is -1.78. The van der Waals surface area contributed by atoms with Crippen LogP contribution in [0, 0.1) is 6.92 Å². The van der Waals surface area contributed by atoms with Gasteiger partial charge in [-0.15, -0.1) is 0 Å². The van der Waals surface area contributed by atoms with E-state index in [0.717, 1.165) is 17.0 Å². The van der Waals surface area contributed by atoms with Crippen molar-refractivity contribution in [2.45, 2.75) is 20.4 Å². The smallest absolute Gasteiger partial charge is 0.189 e. The van der Waals surface area contributed by atoms with Crippen molar-refractivity contribution in [2.24, 2.45) is 17.8 Å². The van der Waals surface area contributed by atoms with Gasteiger partial charge in [0.2, 0.25) is 0 Å². The Morgan fingerprint density at radius 1 is 1.69 bits per heavy atom. The molecule has 0 aliphatic rings. The standard InChI is InChI=1S/C11H19N5/c1-8(2)6-13-11(12)14-7-10-5-9(3)15-16(10)4/h5H,1,6-7H2,2-4H3,(H3,12,13,14). The molecule has 0 spiro atoms. The lowest BCUT2D eigenvalue weighted by atomic mass is 10.3. The van der Waals surface area contributed by atoms with Gasteiger partial charge in [-0.1, -0.05) is 12.2 Å². The maximum atomic E-state index is 5.69. The average Bonchev–Trinajstić information content (AvgIpc) is 2.51. The molecule has 1 aromatic heterocycles. The molecule has 0 saturated heterocycles. The van der Waals surface area contributed by atoms with Gasteiger partial charge in [0.15, 0.2) is 5.96 Å². The Kier molecular flexibility index (Phi) is 4.10. The van der Waals surface area contributed by atoms with E-state index in [1.807, 2.05) is 31.6 Å². The maximum absolute atomic E-state index is 5.69. The van der Waals surface area contributed by atoms with Crippen LogP contribution in [-0.2, 0) is 13.6 Å². The zero-order chi connectivity index (χ0) is 12.1. The summed E-state index contributed by atoms with van der Waals surface area (Å²) < 4.78 is 1.81. The molecule has 0 unspecified atom stereocenters. The number of nitrogens with two attached hydrogens (primary N) is 1. The summed E-state index contributed by atoms with van der Waals surface area (Å²) in [6.07, 6.45) is 0. The molecule has 16 heavy (non-hydrogen) atoms. The van der Waals surface area contributed by atoms with Crippen molar-refractivity contribution in [1.82, 2.24) is 15.1 Å². The van der Waals surface area contributed by atoms with Crippen molar-refractivity contribution in [3.8, 4) is 0 Å². The fourth-order valence-corrected chi connectivity index (χ4v) is 1.28. The largest absolute Gasteiger partial charge is 0.370 e. The normalized spacial score (nSPS) is 11.6. The average molecular weight is 221 g/mol. The lowest BCUT2D eigenvalue weighted by Gasteiger charge is -2.04. The van der Waals surface area contributed by atoms with Crippen LogP contribution in [0.5, 0.6) is 0 Å². The molecule has 0 aromatic carbocycles. The lowest BCUT2D eigenvalue weighted by Crippen LogP contribution is -2.32. The lowest BCUT2D eigenvalue weighted by molar-refractivity contribution is 0.704. The first kappa shape index (κ1) is 12.3. The van der Waals surface area contributed by atoms with Gasteiger partial charge in [-0.05, 0) is 19.9 Å². The van der Waals surface area contributed by atoms with Gasteiger partial charge in [-0.2, -0.15) is 5.10 Å². The quantitative estimate of drug-likeness (QED) is 0.447. The van der Waals surface area contributed by atoms with Crippen LogP contribution in [0.1, 0.15) is 18.3 Å². The molecular weight excluding hydrogens is 202 g/mol. The minimum absolute atomic E-state index is 0.432. The highest BCUT2D eigenvalue weighted by Gasteiger charge is 2.00. The Labute approximate surface area is 96.1 Å². The molecule has 0 amide bonds. The Bertz CT molecular complexity index is 403. The van der Waals surface area contributed by atoms with Crippen LogP contribution in [0.25, 0.3) is 0 Å². The van der Waals surface area contributed by atoms with Crippen LogP contribution < -0.4 is 11.1 Å². The summed E-state index contributed by atoms with van der Waals surface area (Å²) in [7, 11) is 1.90. The Morgan fingerprint density at radius 2 is 2.38 bits per heavy atom. The first-order valence-electron chi connectivity index (χ1n) is 5.16. The molecule has 1 heterocycles. The van der Waals surface area contributed by atoms with Crippen molar-refractivity contribution in [2.75, 3.05) is 6.54 Å². The molecule has 5 heteroatoms. The highest BCUT2D eigenvalue weighted by molar-refractivity contribution is 5.77. The number of hydrogen-bond acceptors (Lipinski definition) is 2. The van der Waals surface area contributed by atoms with E-state index in [1.165, 1.54) is 0 Å². The fraction of sp³-hybridized carbons (Fsp3) is 0.455. The molecule has 88 valence electrons. The molecule has 0 aliphatic carbocycles. The number of aliphatic imine (C=N–C) groups is 1. The van der Waals surface area contributed by atoms with Crippen LogP contribution in [0.4, 0.5) is 0 Å². The summed E-state index contributed by atoms with van der Waals surface area (Å²) in [5.74, 6) is 0.432. The maximum Gasteiger partial charge on any atom is 0.189 e. The Balaban J connectivity index is 2.52. The first-order valence-corrected chi connectivity index (χ1v) is 5.16. The number of hydrogen-bond donors (Lipinski definition) is 2. The Morgan fingerprint density at radius 3 is 2.88 bits per heavy atom. The van der Waals surface area contributed by atoms with E-state index >= 15 is 0 Å². The van der Waals surface area contributed by atoms with Crippen LogP contribution in [0.3, 0.4) is 0 Å². The number of rotatable bonds is 4. The van der Waals surface area contributed by atoms with E-state index < -0.39 is 0 Å². The van der Waals surface area contributed by atoms with Gasteiger partial charge in [0.25, 0.3) is 0 Å². The summed E-state index contributed by atoms with van der Waals surface area (Å²) in [6, 6.07) is 2.00. The number of guanidine groups is 1. The van der Waals surface area contributed by atoms with Gasteiger partial charge in [0.05, 0.1) is 17.9 Å². The van der Waals surface area contributed by atoms with E-state index in [0.29, 0.717) is 19.0 Å². The van der Waals surface area contributed by atoms with E-state index in [2.05, 4.69) is 22.0 Å². The molecule has 0 radical (unpaired) electrons. The molecular formula is C11H19N5. The molecule has 0 saturated carbocycles. The molecule has 1 rings (SSSR count). The van der Waals surface area contributed by atoms with Crippen LogP contribution >= 0.6 is 0 Å².